The Morgan fingerprint density at radius 2 is 1.79 bits per heavy atom. The van der Waals surface area contributed by atoms with E-state index in [1.54, 1.807) is 18.2 Å². The van der Waals surface area contributed by atoms with E-state index in [1.807, 2.05) is 30.3 Å². The van der Waals surface area contributed by atoms with Crippen molar-refractivity contribution in [2.24, 2.45) is 0 Å². The van der Waals surface area contributed by atoms with Crippen LogP contribution in [0.15, 0.2) is 71.6 Å². The second-order valence-electron chi connectivity index (χ2n) is 7.15. The molecule has 1 heterocycles. The van der Waals surface area contributed by atoms with E-state index < -0.39 is 11.9 Å². The van der Waals surface area contributed by atoms with Gasteiger partial charge in [0.15, 0.2) is 11.5 Å². The summed E-state index contributed by atoms with van der Waals surface area (Å²) in [5, 5.41) is 0.135. The van der Waals surface area contributed by atoms with Crippen LogP contribution in [0.1, 0.15) is 21.5 Å². The number of thioether (sulfide) groups is 1. The molecule has 3 aromatic carbocycles. The molecular formula is C25H17Cl2NO5S. The number of para-hydroxylation sites is 1. The third-order valence-electron chi connectivity index (χ3n) is 4.92. The Morgan fingerprint density at radius 3 is 2.50 bits per heavy atom. The number of hydrogen-bond acceptors (Lipinski definition) is 6. The molecule has 0 bridgehead atoms. The van der Waals surface area contributed by atoms with Crippen LogP contribution in [-0.4, -0.2) is 29.1 Å². The number of imide groups is 1. The normalized spacial score (nSPS) is 14.6. The van der Waals surface area contributed by atoms with E-state index in [-0.39, 0.29) is 38.8 Å². The molecule has 0 aliphatic carbocycles. The van der Waals surface area contributed by atoms with E-state index in [1.165, 1.54) is 36.3 Å². The molecule has 0 aromatic heterocycles. The standard InChI is InChI=1S/C25H17Cl2NO5S/c1-32-20-9-5-8-16(22(20)33-24(30)18-11-10-17(26)13-19(18)27)12-21-23(29)28(25(31)34-21)14-15-6-3-2-4-7-15/h2-13H,14H2,1H3/b21-12-. The van der Waals surface area contributed by atoms with Gasteiger partial charge < -0.3 is 9.47 Å². The summed E-state index contributed by atoms with van der Waals surface area (Å²) in [5.41, 5.74) is 1.34. The predicted octanol–water partition coefficient (Wildman–Crippen LogP) is 6.46. The number of esters is 1. The van der Waals surface area contributed by atoms with Crippen molar-refractivity contribution in [1.29, 1.82) is 0 Å². The fraction of sp³-hybridized carbons (Fsp3) is 0.0800. The average Bonchev–Trinajstić information content (AvgIpc) is 3.08. The molecule has 1 fully saturated rings. The lowest BCUT2D eigenvalue weighted by Gasteiger charge is -2.13. The summed E-state index contributed by atoms with van der Waals surface area (Å²) in [6, 6.07) is 18.6. The van der Waals surface area contributed by atoms with Gasteiger partial charge in [-0.05, 0) is 47.7 Å². The highest BCUT2D eigenvalue weighted by molar-refractivity contribution is 8.18. The van der Waals surface area contributed by atoms with Gasteiger partial charge in [0.05, 0.1) is 29.1 Å². The molecule has 3 aromatic rings. The Bertz CT molecular complexity index is 1310. The molecule has 172 valence electrons. The molecule has 34 heavy (non-hydrogen) atoms. The Kier molecular flexibility index (Phi) is 7.26. The Morgan fingerprint density at radius 1 is 1.03 bits per heavy atom. The summed E-state index contributed by atoms with van der Waals surface area (Å²) in [5.74, 6) is -0.788. The van der Waals surface area contributed by atoms with Crippen molar-refractivity contribution in [3.63, 3.8) is 0 Å². The van der Waals surface area contributed by atoms with Crippen molar-refractivity contribution >= 4 is 58.2 Å². The molecule has 0 unspecified atom stereocenters. The third kappa shape index (κ3) is 5.12. The lowest BCUT2D eigenvalue weighted by Crippen LogP contribution is -2.27. The first-order chi connectivity index (χ1) is 16.4. The topological polar surface area (TPSA) is 72.9 Å². The van der Waals surface area contributed by atoms with Gasteiger partial charge in [-0.2, -0.15) is 0 Å². The van der Waals surface area contributed by atoms with E-state index in [9.17, 15) is 14.4 Å². The zero-order chi connectivity index (χ0) is 24.2. The monoisotopic (exact) mass is 513 g/mol. The molecule has 0 spiro atoms. The molecule has 0 radical (unpaired) electrons. The van der Waals surface area contributed by atoms with Crippen molar-refractivity contribution in [2.45, 2.75) is 6.54 Å². The van der Waals surface area contributed by atoms with Gasteiger partial charge in [-0.25, -0.2) is 4.79 Å². The minimum Gasteiger partial charge on any atom is -0.493 e. The van der Waals surface area contributed by atoms with Gasteiger partial charge in [-0.15, -0.1) is 0 Å². The number of amides is 2. The molecule has 2 amide bonds. The van der Waals surface area contributed by atoms with E-state index in [0.717, 1.165) is 17.3 Å². The van der Waals surface area contributed by atoms with Crippen LogP contribution in [0.25, 0.3) is 6.08 Å². The molecule has 0 saturated carbocycles. The third-order valence-corrected chi connectivity index (χ3v) is 6.37. The molecule has 1 saturated heterocycles. The highest BCUT2D eigenvalue weighted by atomic mass is 35.5. The largest absolute Gasteiger partial charge is 0.493 e. The SMILES string of the molecule is COc1cccc(/C=C2\SC(=O)N(Cc3ccccc3)C2=O)c1OC(=O)c1ccc(Cl)cc1Cl. The van der Waals surface area contributed by atoms with E-state index in [4.69, 9.17) is 32.7 Å². The van der Waals surface area contributed by atoms with Gasteiger partial charge in [0.2, 0.25) is 0 Å². The van der Waals surface area contributed by atoms with Crippen LogP contribution >= 0.6 is 35.0 Å². The molecule has 1 aliphatic rings. The number of carbonyl (C=O) groups is 3. The molecule has 0 atom stereocenters. The molecular weight excluding hydrogens is 497 g/mol. The number of carbonyl (C=O) groups excluding carboxylic acids is 3. The average molecular weight is 514 g/mol. The van der Waals surface area contributed by atoms with Crippen molar-refractivity contribution in [2.75, 3.05) is 7.11 Å². The first-order valence-electron chi connectivity index (χ1n) is 10.0. The number of benzene rings is 3. The van der Waals surface area contributed by atoms with Gasteiger partial charge in [-0.1, -0.05) is 65.7 Å². The minimum atomic E-state index is -0.724. The lowest BCUT2D eigenvalue weighted by atomic mass is 10.1. The van der Waals surface area contributed by atoms with Gasteiger partial charge in [-0.3, -0.25) is 14.5 Å². The van der Waals surface area contributed by atoms with E-state index >= 15 is 0 Å². The first kappa shape index (κ1) is 23.9. The first-order valence-corrected chi connectivity index (χ1v) is 11.6. The molecule has 0 N–H and O–H groups in total. The molecule has 6 nitrogen and oxygen atoms in total. The Hall–Kier alpha value is -3.26. The summed E-state index contributed by atoms with van der Waals surface area (Å²) in [4.78, 5) is 39.7. The van der Waals surface area contributed by atoms with Gasteiger partial charge in [0.1, 0.15) is 0 Å². The Labute approximate surface area is 210 Å². The van der Waals surface area contributed by atoms with Crippen molar-refractivity contribution < 1.29 is 23.9 Å². The highest BCUT2D eigenvalue weighted by Crippen LogP contribution is 2.38. The maximum Gasteiger partial charge on any atom is 0.345 e. The summed E-state index contributed by atoms with van der Waals surface area (Å²) < 4.78 is 11.0. The van der Waals surface area contributed by atoms with Gasteiger partial charge in [0.25, 0.3) is 11.1 Å². The maximum atomic E-state index is 13.0. The molecule has 4 rings (SSSR count). The maximum absolute atomic E-state index is 13.0. The van der Waals surface area contributed by atoms with E-state index in [2.05, 4.69) is 0 Å². The quantitative estimate of drug-likeness (QED) is 0.214. The van der Waals surface area contributed by atoms with Gasteiger partial charge in [0, 0.05) is 10.6 Å². The van der Waals surface area contributed by atoms with Crippen LogP contribution in [0.2, 0.25) is 10.0 Å². The van der Waals surface area contributed by atoms with Crippen LogP contribution in [-0.2, 0) is 11.3 Å². The van der Waals surface area contributed by atoms with E-state index in [0.29, 0.717) is 10.6 Å². The highest BCUT2D eigenvalue weighted by Gasteiger charge is 2.35. The number of methoxy groups -OCH3 is 1. The predicted molar refractivity (Wildman–Crippen MR) is 132 cm³/mol. The fourth-order valence-corrected chi connectivity index (χ4v) is 4.58. The van der Waals surface area contributed by atoms with Crippen LogP contribution in [0.5, 0.6) is 11.5 Å². The van der Waals surface area contributed by atoms with Gasteiger partial charge >= 0.3 is 5.97 Å². The van der Waals surface area contributed by atoms with Crippen LogP contribution < -0.4 is 9.47 Å². The van der Waals surface area contributed by atoms with Crippen LogP contribution in [0.4, 0.5) is 4.79 Å². The zero-order valence-electron chi connectivity index (χ0n) is 17.8. The zero-order valence-corrected chi connectivity index (χ0v) is 20.1. The fourth-order valence-electron chi connectivity index (χ4n) is 3.26. The summed E-state index contributed by atoms with van der Waals surface area (Å²) in [7, 11) is 1.43. The lowest BCUT2D eigenvalue weighted by molar-refractivity contribution is -0.123. The van der Waals surface area contributed by atoms with Crippen LogP contribution in [0, 0.1) is 0 Å². The second-order valence-corrected chi connectivity index (χ2v) is 8.98. The molecule has 9 heteroatoms. The summed E-state index contributed by atoms with van der Waals surface area (Å²) in [6.45, 7) is 0.165. The summed E-state index contributed by atoms with van der Waals surface area (Å²) in [6.07, 6.45) is 1.50. The second kappa shape index (κ2) is 10.3. The smallest absolute Gasteiger partial charge is 0.345 e. The van der Waals surface area contributed by atoms with Crippen molar-refractivity contribution in [1.82, 2.24) is 4.90 Å². The van der Waals surface area contributed by atoms with Crippen molar-refractivity contribution in [3.05, 3.63) is 98.4 Å². The molecule has 1 aliphatic heterocycles. The number of ether oxygens (including phenoxy) is 2. The number of nitrogens with zero attached hydrogens (tertiary/aromatic N) is 1. The minimum absolute atomic E-state index is 0.0934. The van der Waals surface area contributed by atoms with Crippen LogP contribution in [0.3, 0.4) is 0 Å². The number of hydrogen-bond donors (Lipinski definition) is 0. The summed E-state index contributed by atoms with van der Waals surface area (Å²) >= 11 is 12.9. The van der Waals surface area contributed by atoms with Crippen molar-refractivity contribution in [3.8, 4) is 11.5 Å². The number of rotatable bonds is 6. The Balaban J connectivity index is 1.64. The number of halogens is 2.